The zero-order valence-corrected chi connectivity index (χ0v) is 9.86. The summed E-state index contributed by atoms with van der Waals surface area (Å²) in [6.45, 7) is 1.97. The van der Waals surface area contributed by atoms with Gasteiger partial charge in [-0.05, 0) is 18.6 Å². The standard InChI is InChI=1S/C12H9ClN4/c1-7-2-3-8(4-9(7)13)11-16-10-5-14-6-15-12(10)17-11/h2-6H,1H3,(H,14,15,16,17). The number of hydrogen-bond acceptors (Lipinski definition) is 3. The monoisotopic (exact) mass is 244 g/mol. The van der Waals surface area contributed by atoms with E-state index in [-0.39, 0.29) is 0 Å². The average molecular weight is 245 g/mol. The molecule has 0 aliphatic carbocycles. The van der Waals surface area contributed by atoms with Crippen molar-refractivity contribution in [1.29, 1.82) is 0 Å². The first-order chi connectivity index (χ1) is 8.24. The lowest BCUT2D eigenvalue weighted by atomic mass is 10.1. The number of nitrogens with one attached hydrogen (secondary N) is 1. The summed E-state index contributed by atoms with van der Waals surface area (Å²) in [6, 6.07) is 5.84. The van der Waals surface area contributed by atoms with E-state index in [0.717, 1.165) is 27.5 Å². The summed E-state index contributed by atoms with van der Waals surface area (Å²) in [5.41, 5.74) is 3.47. The third-order valence-electron chi connectivity index (χ3n) is 2.61. The largest absolute Gasteiger partial charge is 0.335 e. The smallest absolute Gasteiger partial charge is 0.181 e. The molecule has 1 aromatic carbocycles. The minimum atomic E-state index is 0.659. The first-order valence-electron chi connectivity index (χ1n) is 5.16. The number of H-pyrrole nitrogens is 1. The number of benzene rings is 1. The molecule has 0 bridgehead atoms. The lowest BCUT2D eigenvalue weighted by Gasteiger charge is -2.00. The number of nitrogens with zero attached hydrogens (tertiary/aromatic N) is 3. The summed E-state index contributed by atoms with van der Waals surface area (Å²) in [6.07, 6.45) is 3.18. The van der Waals surface area contributed by atoms with Gasteiger partial charge in [-0.25, -0.2) is 15.0 Å². The van der Waals surface area contributed by atoms with E-state index in [1.807, 2.05) is 25.1 Å². The Labute approximate surface area is 103 Å². The number of imidazole rings is 1. The van der Waals surface area contributed by atoms with Gasteiger partial charge in [-0.3, -0.25) is 0 Å². The van der Waals surface area contributed by atoms with Gasteiger partial charge in [0.25, 0.3) is 0 Å². The van der Waals surface area contributed by atoms with Crippen LogP contribution in [0.5, 0.6) is 0 Å². The molecule has 17 heavy (non-hydrogen) atoms. The molecule has 0 spiro atoms. The molecule has 0 atom stereocenters. The summed E-state index contributed by atoms with van der Waals surface area (Å²) in [5.74, 6) is 0.752. The average Bonchev–Trinajstić information content (AvgIpc) is 2.76. The molecule has 4 nitrogen and oxygen atoms in total. The molecule has 1 N–H and O–H groups in total. The molecule has 0 unspecified atom stereocenters. The number of aryl methyl sites for hydroxylation is 1. The van der Waals surface area contributed by atoms with Crippen LogP contribution in [0.3, 0.4) is 0 Å². The molecule has 2 heterocycles. The van der Waals surface area contributed by atoms with Crippen molar-refractivity contribution in [3.8, 4) is 11.4 Å². The van der Waals surface area contributed by atoms with Crippen LogP contribution >= 0.6 is 11.6 Å². The zero-order chi connectivity index (χ0) is 11.8. The molecule has 0 saturated heterocycles. The van der Waals surface area contributed by atoms with Crippen LogP contribution in [0.1, 0.15) is 5.56 Å². The molecule has 0 saturated carbocycles. The van der Waals surface area contributed by atoms with Crippen molar-refractivity contribution >= 4 is 22.8 Å². The second kappa shape index (κ2) is 3.82. The van der Waals surface area contributed by atoms with Crippen molar-refractivity contribution in [3.05, 3.63) is 41.3 Å². The minimum absolute atomic E-state index is 0.659. The highest BCUT2D eigenvalue weighted by Crippen LogP contribution is 2.24. The molecule has 0 aliphatic heterocycles. The Morgan fingerprint density at radius 2 is 2.18 bits per heavy atom. The highest BCUT2D eigenvalue weighted by atomic mass is 35.5. The fourth-order valence-electron chi connectivity index (χ4n) is 1.64. The lowest BCUT2D eigenvalue weighted by molar-refractivity contribution is 1.20. The first-order valence-corrected chi connectivity index (χ1v) is 5.54. The number of aromatic amines is 1. The second-order valence-electron chi connectivity index (χ2n) is 3.81. The van der Waals surface area contributed by atoms with Crippen molar-refractivity contribution in [2.45, 2.75) is 6.92 Å². The molecule has 0 fully saturated rings. The van der Waals surface area contributed by atoms with Gasteiger partial charge in [0.15, 0.2) is 5.65 Å². The van der Waals surface area contributed by atoms with E-state index in [1.165, 1.54) is 6.33 Å². The van der Waals surface area contributed by atoms with Crippen LogP contribution in [0.25, 0.3) is 22.6 Å². The summed E-state index contributed by atoms with van der Waals surface area (Å²) in [4.78, 5) is 15.6. The molecule has 2 aromatic heterocycles. The Bertz CT molecular complexity index is 657. The maximum absolute atomic E-state index is 6.09. The molecule has 3 aromatic rings. The van der Waals surface area contributed by atoms with Crippen molar-refractivity contribution < 1.29 is 0 Å². The Balaban J connectivity index is 2.17. The zero-order valence-electron chi connectivity index (χ0n) is 9.11. The number of halogens is 1. The molecule has 3 rings (SSSR count). The summed E-state index contributed by atoms with van der Waals surface area (Å²) in [5, 5.41) is 0.731. The predicted molar refractivity (Wildman–Crippen MR) is 66.9 cm³/mol. The van der Waals surface area contributed by atoms with Gasteiger partial charge in [0.1, 0.15) is 17.7 Å². The van der Waals surface area contributed by atoms with Crippen LogP contribution in [0, 0.1) is 6.92 Å². The quantitative estimate of drug-likeness (QED) is 0.716. The van der Waals surface area contributed by atoms with Gasteiger partial charge in [0, 0.05) is 10.6 Å². The van der Waals surface area contributed by atoms with Crippen LogP contribution in [0.15, 0.2) is 30.7 Å². The predicted octanol–water partition coefficient (Wildman–Crippen LogP) is 2.98. The van der Waals surface area contributed by atoms with Crippen molar-refractivity contribution in [3.63, 3.8) is 0 Å². The van der Waals surface area contributed by atoms with E-state index in [1.54, 1.807) is 6.20 Å². The Morgan fingerprint density at radius 3 is 2.94 bits per heavy atom. The number of rotatable bonds is 1. The van der Waals surface area contributed by atoms with Crippen molar-refractivity contribution in [2.24, 2.45) is 0 Å². The molecule has 5 heteroatoms. The SMILES string of the molecule is Cc1ccc(-c2nc3ncncc3[nH]2)cc1Cl. The Morgan fingerprint density at radius 1 is 1.29 bits per heavy atom. The number of aromatic nitrogens is 4. The lowest BCUT2D eigenvalue weighted by Crippen LogP contribution is -1.82. The van der Waals surface area contributed by atoms with Crippen LogP contribution < -0.4 is 0 Å². The van der Waals surface area contributed by atoms with Crippen molar-refractivity contribution in [1.82, 2.24) is 19.9 Å². The Hall–Kier alpha value is -1.94. The van der Waals surface area contributed by atoms with E-state index < -0.39 is 0 Å². The van der Waals surface area contributed by atoms with Crippen LogP contribution in [0.2, 0.25) is 5.02 Å². The van der Waals surface area contributed by atoms with E-state index in [2.05, 4.69) is 19.9 Å². The van der Waals surface area contributed by atoms with Gasteiger partial charge in [0.05, 0.1) is 6.20 Å². The van der Waals surface area contributed by atoms with Crippen LogP contribution in [0.4, 0.5) is 0 Å². The maximum atomic E-state index is 6.09. The van der Waals surface area contributed by atoms with Gasteiger partial charge in [-0.1, -0.05) is 23.7 Å². The van der Waals surface area contributed by atoms with Gasteiger partial charge in [0.2, 0.25) is 0 Å². The summed E-state index contributed by atoms with van der Waals surface area (Å²) < 4.78 is 0. The van der Waals surface area contributed by atoms with E-state index in [9.17, 15) is 0 Å². The third kappa shape index (κ3) is 1.76. The summed E-state index contributed by atoms with van der Waals surface area (Å²) >= 11 is 6.09. The first kappa shape index (κ1) is 10.2. The van der Waals surface area contributed by atoms with Gasteiger partial charge >= 0.3 is 0 Å². The number of fused-ring (bicyclic) bond motifs is 1. The third-order valence-corrected chi connectivity index (χ3v) is 3.01. The van der Waals surface area contributed by atoms with E-state index >= 15 is 0 Å². The molecule has 84 valence electrons. The second-order valence-corrected chi connectivity index (χ2v) is 4.22. The number of hydrogen-bond donors (Lipinski definition) is 1. The summed E-state index contributed by atoms with van der Waals surface area (Å²) in [7, 11) is 0. The van der Waals surface area contributed by atoms with E-state index in [4.69, 9.17) is 11.6 Å². The maximum Gasteiger partial charge on any atom is 0.181 e. The van der Waals surface area contributed by atoms with Crippen LogP contribution in [-0.2, 0) is 0 Å². The van der Waals surface area contributed by atoms with Crippen molar-refractivity contribution in [2.75, 3.05) is 0 Å². The Kier molecular flexibility index (Phi) is 2.30. The molecule has 0 amide bonds. The topological polar surface area (TPSA) is 54.5 Å². The highest BCUT2D eigenvalue weighted by molar-refractivity contribution is 6.31. The normalized spacial score (nSPS) is 10.9. The fourth-order valence-corrected chi connectivity index (χ4v) is 1.82. The molecular formula is C12H9ClN4. The van der Waals surface area contributed by atoms with E-state index in [0.29, 0.717) is 5.65 Å². The highest BCUT2D eigenvalue weighted by Gasteiger charge is 2.07. The molecule has 0 radical (unpaired) electrons. The fraction of sp³-hybridized carbons (Fsp3) is 0.0833. The van der Waals surface area contributed by atoms with Gasteiger partial charge < -0.3 is 4.98 Å². The van der Waals surface area contributed by atoms with Gasteiger partial charge in [-0.2, -0.15) is 0 Å². The van der Waals surface area contributed by atoms with Crippen LogP contribution in [-0.4, -0.2) is 19.9 Å². The minimum Gasteiger partial charge on any atom is -0.335 e. The molecular weight excluding hydrogens is 236 g/mol. The molecule has 0 aliphatic rings. The van der Waals surface area contributed by atoms with Gasteiger partial charge in [-0.15, -0.1) is 0 Å².